The van der Waals surface area contributed by atoms with Gasteiger partial charge in [0.15, 0.2) is 0 Å². The van der Waals surface area contributed by atoms with E-state index < -0.39 is 23.9 Å². The minimum Gasteiger partial charge on any atom is -0.478 e. The van der Waals surface area contributed by atoms with Gasteiger partial charge in [-0.15, -0.1) is 0 Å². The van der Waals surface area contributed by atoms with Crippen LogP contribution in [0.25, 0.3) is 0 Å². The number of carboxylic acid groups (broad SMARTS) is 2. The van der Waals surface area contributed by atoms with Gasteiger partial charge in [-0.3, -0.25) is 0 Å². The second-order valence-corrected chi connectivity index (χ2v) is 7.35. The highest BCUT2D eigenvalue weighted by atomic mass is 79.9. The Kier molecular flexibility index (Phi) is 15.5. The van der Waals surface area contributed by atoms with Crippen molar-refractivity contribution in [1.29, 1.82) is 0 Å². The summed E-state index contributed by atoms with van der Waals surface area (Å²) in [4.78, 5) is 44.9. The number of hydrogen-bond donors (Lipinski definition) is 2. The Hall–Kier alpha value is -2.72. The SMILES string of the molecule is C=CCOC(=O)c1ccccc1C(=O)OCC=C.O=C(O)/C(CCBr)=C(\CCBr)C(=O)O. The summed E-state index contributed by atoms with van der Waals surface area (Å²) in [5.41, 5.74) is 0.282. The summed E-state index contributed by atoms with van der Waals surface area (Å²) >= 11 is 6.17. The summed E-state index contributed by atoms with van der Waals surface area (Å²) in [5.74, 6) is -3.49. The third-order valence-electron chi connectivity index (χ3n) is 3.60. The molecule has 1 aromatic carbocycles. The van der Waals surface area contributed by atoms with Crippen molar-refractivity contribution in [2.24, 2.45) is 0 Å². The standard InChI is InChI=1S/C14H14O4.C8H10Br2O4/c1-3-9-17-13(15)11-7-5-6-8-12(11)14(16)18-10-4-2;9-3-1-5(7(11)12)6(2-4-10)8(13)14/h3-8H,1-2,9-10H2;1-4H2,(H,11,12)(H,13,14)/b;6-5+. The number of esters is 2. The molecule has 0 aliphatic carbocycles. The van der Waals surface area contributed by atoms with E-state index in [1.807, 2.05) is 0 Å². The number of aliphatic carboxylic acids is 2. The summed E-state index contributed by atoms with van der Waals surface area (Å²) in [7, 11) is 0. The monoisotopic (exact) mass is 574 g/mol. The number of rotatable bonds is 12. The van der Waals surface area contributed by atoms with Crippen molar-refractivity contribution in [2.45, 2.75) is 12.8 Å². The van der Waals surface area contributed by atoms with E-state index in [9.17, 15) is 19.2 Å². The highest BCUT2D eigenvalue weighted by Crippen LogP contribution is 2.16. The van der Waals surface area contributed by atoms with Crippen LogP contribution in [0.3, 0.4) is 0 Å². The van der Waals surface area contributed by atoms with E-state index in [-0.39, 0.29) is 48.3 Å². The molecule has 2 N–H and O–H groups in total. The Labute approximate surface area is 202 Å². The summed E-state index contributed by atoms with van der Waals surface area (Å²) < 4.78 is 9.78. The zero-order valence-electron chi connectivity index (χ0n) is 17.2. The molecule has 0 saturated carbocycles. The van der Waals surface area contributed by atoms with E-state index in [0.29, 0.717) is 10.7 Å². The van der Waals surface area contributed by atoms with Crippen LogP contribution < -0.4 is 0 Å². The number of benzene rings is 1. The number of alkyl halides is 2. The van der Waals surface area contributed by atoms with Crippen LogP contribution in [0.5, 0.6) is 0 Å². The van der Waals surface area contributed by atoms with Gasteiger partial charge in [-0.05, 0) is 25.0 Å². The van der Waals surface area contributed by atoms with Gasteiger partial charge < -0.3 is 19.7 Å². The fraction of sp³-hybridized carbons (Fsp3) is 0.273. The molecule has 32 heavy (non-hydrogen) atoms. The van der Waals surface area contributed by atoms with E-state index in [1.165, 1.54) is 24.3 Å². The molecule has 0 fully saturated rings. The van der Waals surface area contributed by atoms with Crippen molar-refractivity contribution in [2.75, 3.05) is 23.9 Å². The molecule has 0 saturated heterocycles. The Balaban J connectivity index is 0.000000622. The molecule has 0 heterocycles. The van der Waals surface area contributed by atoms with Crippen LogP contribution in [0.15, 0.2) is 60.7 Å². The van der Waals surface area contributed by atoms with E-state index in [4.69, 9.17) is 19.7 Å². The average molecular weight is 576 g/mol. The first kappa shape index (κ1) is 29.3. The number of carbonyl (C=O) groups excluding carboxylic acids is 2. The number of halogens is 2. The quantitative estimate of drug-likeness (QED) is 0.162. The Morgan fingerprint density at radius 3 is 1.38 bits per heavy atom. The summed E-state index contributed by atoms with van der Waals surface area (Å²) in [5, 5.41) is 18.5. The predicted octanol–water partition coefficient (Wildman–Crippen LogP) is 4.39. The average Bonchev–Trinajstić information content (AvgIpc) is 2.78. The van der Waals surface area contributed by atoms with E-state index >= 15 is 0 Å². The van der Waals surface area contributed by atoms with E-state index in [1.54, 1.807) is 12.1 Å². The Bertz CT molecular complexity index is 792. The van der Waals surface area contributed by atoms with Crippen LogP contribution in [-0.4, -0.2) is 58.0 Å². The van der Waals surface area contributed by atoms with Crippen molar-refractivity contribution in [3.05, 3.63) is 71.8 Å². The van der Waals surface area contributed by atoms with Gasteiger partial charge in [-0.1, -0.05) is 69.3 Å². The molecule has 174 valence electrons. The fourth-order valence-corrected chi connectivity index (χ4v) is 3.02. The number of hydrogen-bond acceptors (Lipinski definition) is 6. The first-order valence-corrected chi connectivity index (χ1v) is 11.4. The lowest BCUT2D eigenvalue weighted by atomic mass is 10.0. The van der Waals surface area contributed by atoms with E-state index in [2.05, 4.69) is 45.0 Å². The van der Waals surface area contributed by atoms with Gasteiger partial charge in [0, 0.05) is 21.8 Å². The first-order valence-electron chi connectivity index (χ1n) is 9.20. The maximum absolute atomic E-state index is 11.7. The number of ether oxygens (including phenoxy) is 2. The van der Waals surface area contributed by atoms with Gasteiger partial charge in [-0.2, -0.15) is 0 Å². The molecule has 0 aliphatic rings. The number of carboxylic acids is 2. The van der Waals surface area contributed by atoms with Gasteiger partial charge >= 0.3 is 23.9 Å². The lowest BCUT2D eigenvalue weighted by molar-refractivity contribution is -0.136. The third-order valence-corrected chi connectivity index (χ3v) is 4.39. The molecule has 0 atom stereocenters. The zero-order valence-corrected chi connectivity index (χ0v) is 20.4. The predicted molar refractivity (Wildman–Crippen MR) is 127 cm³/mol. The van der Waals surface area contributed by atoms with Crippen LogP contribution in [0.2, 0.25) is 0 Å². The minimum atomic E-state index is -1.16. The molecular formula is C22H24Br2O8. The molecule has 0 aromatic heterocycles. The molecule has 0 amide bonds. The molecule has 0 spiro atoms. The summed E-state index contributed by atoms with van der Waals surface area (Å²) in [6, 6.07) is 6.31. The zero-order chi connectivity index (χ0) is 24.5. The Morgan fingerprint density at radius 1 is 0.781 bits per heavy atom. The molecule has 0 radical (unpaired) electrons. The van der Waals surface area contributed by atoms with Crippen molar-refractivity contribution in [3.8, 4) is 0 Å². The molecule has 0 aliphatic heterocycles. The van der Waals surface area contributed by atoms with Crippen LogP contribution in [0, 0.1) is 0 Å². The second kappa shape index (κ2) is 16.9. The summed E-state index contributed by atoms with van der Waals surface area (Å²) in [6.07, 6.45) is 3.33. The van der Waals surface area contributed by atoms with Gasteiger partial charge in [0.1, 0.15) is 13.2 Å². The van der Waals surface area contributed by atoms with Gasteiger partial charge in [0.2, 0.25) is 0 Å². The molecular weight excluding hydrogens is 552 g/mol. The molecule has 1 rings (SSSR count). The molecule has 10 heteroatoms. The van der Waals surface area contributed by atoms with Crippen LogP contribution in [0.1, 0.15) is 33.6 Å². The lowest BCUT2D eigenvalue weighted by Gasteiger charge is -2.07. The summed E-state index contributed by atoms with van der Waals surface area (Å²) in [6.45, 7) is 7.07. The highest BCUT2D eigenvalue weighted by molar-refractivity contribution is 9.09. The molecule has 1 aromatic rings. The van der Waals surface area contributed by atoms with Crippen LogP contribution in [0.4, 0.5) is 0 Å². The molecule has 0 bridgehead atoms. The maximum Gasteiger partial charge on any atom is 0.339 e. The van der Waals surface area contributed by atoms with Crippen molar-refractivity contribution >= 4 is 55.7 Å². The maximum atomic E-state index is 11.7. The van der Waals surface area contributed by atoms with E-state index in [0.717, 1.165) is 0 Å². The van der Waals surface area contributed by atoms with Crippen LogP contribution in [-0.2, 0) is 19.1 Å². The third kappa shape index (κ3) is 10.5. The normalized spacial score (nSPS) is 10.6. The first-order chi connectivity index (χ1) is 15.2. The minimum absolute atomic E-state index is 0.0335. The van der Waals surface area contributed by atoms with Gasteiger partial charge in [0.25, 0.3) is 0 Å². The lowest BCUT2D eigenvalue weighted by Crippen LogP contribution is -2.14. The Morgan fingerprint density at radius 2 is 1.12 bits per heavy atom. The molecule has 0 unspecified atom stereocenters. The smallest absolute Gasteiger partial charge is 0.339 e. The van der Waals surface area contributed by atoms with Crippen LogP contribution >= 0.6 is 31.9 Å². The van der Waals surface area contributed by atoms with Crippen molar-refractivity contribution in [1.82, 2.24) is 0 Å². The topological polar surface area (TPSA) is 127 Å². The largest absolute Gasteiger partial charge is 0.478 e. The van der Waals surface area contributed by atoms with Crippen molar-refractivity contribution in [3.63, 3.8) is 0 Å². The highest BCUT2D eigenvalue weighted by Gasteiger charge is 2.19. The van der Waals surface area contributed by atoms with Gasteiger partial charge in [0.05, 0.1) is 11.1 Å². The second-order valence-electron chi connectivity index (χ2n) is 5.77. The van der Waals surface area contributed by atoms with Crippen molar-refractivity contribution < 1.29 is 38.9 Å². The van der Waals surface area contributed by atoms with Gasteiger partial charge in [-0.25, -0.2) is 19.2 Å². The molecule has 8 nitrogen and oxygen atoms in total. The number of carbonyl (C=O) groups is 4. The fourth-order valence-electron chi connectivity index (χ4n) is 2.23.